The summed E-state index contributed by atoms with van der Waals surface area (Å²) >= 11 is 1.81. The Morgan fingerprint density at radius 2 is 2.26 bits per heavy atom. The zero-order valence-corrected chi connectivity index (χ0v) is 12.7. The van der Waals surface area contributed by atoms with Crippen LogP contribution in [0.4, 0.5) is 5.69 Å². The zero-order chi connectivity index (χ0) is 14.1. The minimum absolute atomic E-state index is 0.0555. The van der Waals surface area contributed by atoms with E-state index >= 15 is 0 Å². The molecule has 1 unspecified atom stereocenters. The molecule has 1 atom stereocenters. The van der Waals surface area contributed by atoms with Gasteiger partial charge < -0.3 is 10.6 Å². The quantitative estimate of drug-likeness (QED) is 0.769. The summed E-state index contributed by atoms with van der Waals surface area (Å²) in [5.74, 6) is -0.0555. The number of pyridine rings is 1. The summed E-state index contributed by atoms with van der Waals surface area (Å²) in [6.07, 6.45) is 7.40. The van der Waals surface area contributed by atoms with E-state index in [1.165, 1.54) is 0 Å². The summed E-state index contributed by atoms with van der Waals surface area (Å²) in [5.41, 5.74) is 1.47. The van der Waals surface area contributed by atoms with Gasteiger partial charge in [0.05, 0.1) is 11.3 Å². The maximum atomic E-state index is 12.1. The highest BCUT2D eigenvalue weighted by molar-refractivity contribution is 7.99. The fraction of sp³-hybridized carbons (Fsp3) is 0.571. The van der Waals surface area contributed by atoms with E-state index in [1.54, 1.807) is 12.4 Å². The number of carbonyl (C=O) groups is 1. The van der Waals surface area contributed by atoms with Gasteiger partial charge in [-0.25, -0.2) is 0 Å². The van der Waals surface area contributed by atoms with E-state index in [9.17, 15) is 4.79 Å². The first kappa shape index (κ1) is 15.8. The zero-order valence-electron chi connectivity index (χ0n) is 11.9. The average molecular weight is 281 g/mol. The van der Waals surface area contributed by atoms with Crippen molar-refractivity contribution in [1.29, 1.82) is 0 Å². The molecule has 106 valence electrons. The van der Waals surface area contributed by atoms with Crippen LogP contribution in [0, 0.1) is 0 Å². The lowest BCUT2D eigenvalue weighted by molar-refractivity contribution is 0.0954. The number of hydrogen-bond acceptors (Lipinski definition) is 4. The third-order valence-electron chi connectivity index (χ3n) is 2.87. The Labute approximate surface area is 119 Å². The predicted octanol–water partition coefficient (Wildman–Crippen LogP) is 2.77. The first-order valence-corrected chi connectivity index (χ1v) is 7.96. The number of rotatable bonds is 8. The van der Waals surface area contributed by atoms with Crippen molar-refractivity contribution in [2.24, 2.45) is 0 Å². The molecule has 0 bridgehead atoms. The summed E-state index contributed by atoms with van der Waals surface area (Å²) in [6.45, 7) is 5.81. The number of carbonyl (C=O) groups excluding carboxylic acids is 1. The van der Waals surface area contributed by atoms with Crippen molar-refractivity contribution in [3.8, 4) is 0 Å². The van der Waals surface area contributed by atoms with Gasteiger partial charge in [-0.1, -0.05) is 13.8 Å². The first-order valence-electron chi connectivity index (χ1n) is 6.67. The van der Waals surface area contributed by atoms with E-state index in [0.717, 1.165) is 25.1 Å². The summed E-state index contributed by atoms with van der Waals surface area (Å²) in [4.78, 5) is 16.1. The lowest BCUT2D eigenvalue weighted by Crippen LogP contribution is -2.27. The Morgan fingerprint density at radius 3 is 2.95 bits per heavy atom. The molecule has 5 heteroatoms. The van der Waals surface area contributed by atoms with Crippen LogP contribution < -0.4 is 10.6 Å². The summed E-state index contributed by atoms with van der Waals surface area (Å²) in [6, 6.07) is 1.84. The van der Waals surface area contributed by atoms with Crippen molar-refractivity contribution in [2.45, 2.75) is 31.9 Å². The van der Waals surface area contributed by atoms with Gasteiger partial charge in [0.25, 0.3) is 5.91 Å². The van der Waals surface area contributed by atoms with Gasteiger partial charge in [-0.3, -0.25) is 9.78 Å². The molecule has 2 N–H and O–H groups in total. The van der Waals surface area contributed by atoms with Crippen molar-refractivity contribution in [3.05, 3.63) is 24.0 Å². The van der Waals surface area contributed by atoms with Gasteiger partial charge in [-0.2, -0.15) is 11.8 Å². The minimum Gasteiger partial charge on any atom is -0.384 e. The maximum absolute atomic E-state index is 12.1. The number of aromatic nitrogens is 1. The molecule has 1 heterocycles. The molecule has 0 saturated heterocycles. The first-order chi connectivity index (χ1) is 9.19. The van der Waals surface area contributed by atoms with Gasteiger partial charge in [0.2, 0.25) is 0 Å². The summed E-state index contributed by atoms with van der Waals surface area (Å²) in [5, 5.41) is 6.76. The SMILES string of the molecule is CCCNc1ccncc1C(=O)NCCC(C)SC. The molecule has 1 amide bonds. The molecule has 1 aromatic heterocycles. The largest absolute Gasteiger partial charge is 0.384 e. The highest BCUT2D eigenvalue weighted by Gasteiger charge is 2.11. The standard InChI is InChI=1S/C14H23N3OS/c1-4-7-16-13-6-8-15-10-12(13)14(18)17-9-5-11(2)19-3/h6,8,10-11H,4-5,7,9H2,1-3H3,(H,15,16)(H,17,18). The Hall–Kier alpha value is -1.23. The third kappa shape index (κ3) is 5.51. The lowest BCUT2D eigenvalue weighted by Gasteiger charge is -2.12. The highest BCUT2D eigenvalue weighted by atomic mass is 32.2. The number of nitrogens with zero attached hydrogens (tertiary/aromatic N) is 1. The molecule has 0 aliphatic heterocycles. The van der Waals surface area contributed by atoms with Crippen molar-refractivity contribution < 1.29 is 4.79 Å². The number of thioether (sulfide) groups is 1. The van der Waals surface area contributed by atoms with E-state index in [1.807, 2.05) is 17.8 Å². The van der Waals surface area contributed by atoms with Crippen LogP contribution in [0.25, 0.3) is 0 Å². The molecule has 0 aliphatic carbocycles. The van der Waals surface area contributed by atoms with Crippen LogP contribution in [0.5, 0.6) is 0 Å². The van der Waals surface area contributed by atoms with Crippen LogP contribution in [0.2, 0.25) is 0 Å². The molecule has 0 aliphatic rings. The van der Waals surface area contributed by atoms with E-state index in [4.69, 9.17) is 0 Å². The summed E-state index contributed by atoms with van der Waals surface area (Å²) in [7, 11) is 0. The van der Waals surface area contributed by atoms with Crippen LogP contribution in [0.15, 0.2) is 18.5 Å². The number of hydrogen-bond donors (Lipinski definition) is 2. The fourth-order valence-corrected chi connectivity index (χ4v) is 1.94. The van der Waals surface area contributed by atoms with Crippen molar-refractivity contribution in [1.82, 2.24) is 10.3 Å². The molecule has 0 spiro atoms. The highest BCUT2D eigenvalue weighted by Crippen LogP contribution is 2.14. The Kier molecular flexibility index (Phi) is 7.33. The molecule has 4 nitrogen and oxygen atoms in total. The second-order valence-corrected chi connectivity index (χ2v) is 5.72. The van der Waals surface area contributed by atoms with E-state index in [0.29, 0.717) is 17.4 Å². The topological polar surface area (TPSA) is 54.0 Å². The van der Waals surface area contributed by atoms with Gasteiger partial charge in [-0.15, -0.1) is 0 Å². The molecular weight excluding hydrogens is 258 g/mol. The van der Waals surface area contributed by atoms with Crippen molar-refractivity contribution in [2.75, 3.05) is 24.7 Å². The second-order valence-electron chi connectivity index (χ2n) is 4.44. The average Bonchev–Trinajstić information content (AvgIpc) is 2.45. The molecule has 0 aromatic carbocycles. The predicted molar refractivity (Wildman–Crippen MR) is 82.9 cm³/mol. The number of anilines is 1. The monoisotopic (exact) mass is 281 g/mol. The smallest absolute Gasteiger partial charge is 0.254 e. The van der Waals surface area contributed by atoms with Crippen LogP contribution in [0.3, 0.4) is 0 Å². The Balaban J connectivity index is 2.55. The molecule has 0 saturated carbocycles. The molecule has 0 radical (unpaired) electrons. The second kappa shape index (κ2) is 8.80. The van der Waals surface area contributed by atoms with E-state index < -0.39 is 0 Å². The number of amides is 1. The van der Waals surface area contributed by atoms with Crippen LogP contribution in [0.1, 0.15) is 37.0 Å². The Bertz CT molecular complexity index is 398. The van der Waals surface area contributed by atoms with Crippen LogP contribution in [-0.4, -0.2) is 35.5 Å². The van der Waals surface area contributed by atoms with Crippen molar-refractivity contribution >= 4 is 23.4 Å². The molecule has 19 heavy (non-hydrogen) atoms. The molecule has 1 rings (SSSR count). The van der Waals surface area contributed by atoms with Crippen LogP contribution >= 0.6 is 11.8 Å². The lowest BCUT2D eigenvalue weighted by atomic mass is 10.2. The molecule has 0 fully saturated rings. The van der Waals surface area contributed by atoms with Gasteiger partial charge >= 0.3 is 0 Å². The van der Waals surface area contributed by atoms with Gasteiger partial charge in [0.1, 0.15) is 0 Å². The van der Waals surface area contributed by atoms with Gasteiger partial charge in [-0.05, 0) is 25.2 Å². The van der Waals surface area contributed by atoms with E-state index in [-0.39, 0.29) is 5.91 Å². The summed E-state index contributed by atoms with van der Waals surface area (Å²) < 4.78 is 0. The van der Waals surface area contributed by atoms with Crippen molar-refractivity contribution in [3.63, 3.8) is 0 Å². The van der Waals surface area contributed by atoms with E-state index in [2.05, 4.69) is 35.7 Å². The number of nitrogens with one attached hydrogen (secondary N) is 2. The molecule has 1 aromatic rings. The maximum Gasteiger partial charge on any atom is 0.254 e. The minimum atomic E-state index is -0.0555. The van der Waals surface area contributed by atoms with Crippen LogP contribution in [-0.2, 0) is 0 Å². The Morgan fingerprint density at radius 1 is 1.47 bits per heavy atom. The third-order valence-corrected chi connectivity index (χ3v) is 3.91. The van der Waals surface area contributed by atoms with Gasteiger partial charge in [0, 0.05) is 30.7 Å². The van der Waals surface area contributed by atoms with Gasteiger partial charge in [0.15, 0.2) is 0 Å². The molecular formula is C14H23N3OS. The normalized spacial score (nSPS) is 11.9. The fourth-order valence-electron chi connectivity index (χ4n) is 1.59.